The first-order chi connectivity index (χ1) is 13.3. The van der Waals surface area contributed by atoms with Gasteiger partial charge in [-0.25, -0.2) is 0 Å². The van der Waals surface area contributed by atoms with E-state index in [-0.39, 0.29) is 17.4 Å². The van der Waals surface area contributed by atoms with Crippen LogP contribution in [0.2, 0.25) is 0 Å². The molecular weight excluding hydrogens is 499 g/mol. The molecule has 2 aromatic rings. The normalized spacial score (nSPS) is 9.93. The van der Waals surface area contributed by atoms with Gasteiger partial charge < -0.3 is 4.74 Å². The van der Waals surface area contributed by atoms with Crippen molar-refractivity contribution in [1.82, 2.24) is 16.2 Å². The first kappa shape index (κ1) is 21.5. The van der Waals surface area contributed by atoms with Gasteiger partial charge in [0, 0.05) is 21.3 Å². The predicted octanol–water partition coefficient (Wildman–Crippen LogP) is 2.22. The summed E-state index contributed by atoms with van der Waals surface area (Å²) in [4.78, 5) is 33.9. The van der Waals surface area contributed by atoms with Gasteiger partial charge in [0.1, 0.15) is 5.75 Å². The average molecular weight is 514 g/mol. The molecule has 0 heterocycles. The number of amides is 2. The maximum Gasteiger partial charge on any atom is 0.276 e. The van der Waals surface area contributed by atoms with Crippen LogP contribution in [-0.4, -0.2) is 28.5 Å². The van der Waals surface area contributed by atoms with Crippen LogP contribution >= 0.6 is 34.8 Å². The van der Waals surface area contributed by atoms with E-state index < -0.39 is 16.7 Å². The van der Waals surface area contributed by atoms with Crippen molar-refractivity contribution in [3.8, 4) is 5.75 Å². The Bertz CT molecular complexity index is 920. The second-order valence-corrected chi connectivity index (χ2v) is 7.03. The van der Waals surface area contributed by atoms with Crippen molar-refractivity contribution in [2.24, 2.45) is 0 Å². The lowest BCUT2D eigenvalue weighted by Gasteiger charge is -2.11. The highest BCUT2D eigenvalue weighted by Crippen LogP contribution is 2.17. The minimum absolute atomic E-state index is 0.0794. The van der Waals surface area contributed by atoms with E-state index in [1.165, 1.54) is 24.3 Å². The van der Waals surface area contributed by atoms with Crippen LogP contribution in [0.3, 0.4) is 0 Å². The average Bonchev–Trinajstić information content (AvgIpc) is 2.67. The van der Waals surface area contributed by atoms with Crippen LogP contribution < -0.4 is 20.9 Å². The van der Waals surface area contributed by atoms with Crippen LogP contribution in [0.15, 0.2) is 42.5 Å². The number of thiocarbonyl (C=S) groups is 1. The van der Waals surface area contributed by atoms with Gasteiger partial charge in [0.2, 0.25) is 0 Å². The van der Waals surface area contributed by atoms with Crippen LogP contribution in [0.4, 0.5) is 5.69 Å². The molecule has 0 spiro atoms. The minimum atomic E-state index is -0.556. The van der Waals surface area contributed by atoms with E-state index in [1.807, 2.05) is 13.0 Å². The third-order valence-corrected chi connectivity index (χ3v) is 4.76. The number of nitro groups is 1. The van der Waals surface area contributed by atoms with Crippen LogP contribution in [0.5, 0.6) is 5.75 Å². The molecule has 28 heavy (non-hydrogen) atoms. The number of hydrogen-bond acceptors (Lipinski definition) is 6. The second kappa shape index (κ2) is 9.94. The summed E-state index contributed by atoms with van der Waals surface area (Å²) in [5.74, 6) is -0.669. The maximum atomic E-state index is 12.1. The van der Waals surface area contributed by atoms with Crippen molar-refractivity contribution in [3.05, 3.63) is 67.3 Å². The molecule has 146 valence electrons. The van der Waals surface area contributed by atoms with Gasteiger partial charge in [-0.3, -0.25) is 35.9 Å². The zero-order valence-corrected chi connectivity index (χ0v) is 17.5. The second-order valence-electron chi connectivity index (χ2n) is 5.46. The number of ether oxygens (including phenoxy) is 1. The number of carbonyl (C=O) groups excluding carboxylic acids is 2. The highest BCUT2D eigenvalue weighted by molar-refractivity contribution is 14.1. The number of aryl methyl sites for hydroxylation is 1. The quantitative estimate of drug-likeness (QED) is 0.242. The summed E-state index contributed by atoms with van der Waals surface area (Å²) in [5.41, 5.74) is 6.09. The Balaban J connectivity index is 1.75. The molecule has 0 aliphatic heterocycles. The van der Waals surface area contributed by atoms with Gasteiger partial charge >= 0.3 is 0 Å². The lowest BCUT2D eigenvalue weighted by molar-refractivity contribution is -0.384. The smallest absolute Gasteiger partial charge is 0.276 e. The van der Waals surface area contributed by atoms with Crippen molar-refractivity contribution in [1.29, 1.82) is 0 Å². The van der Waals surface area contributed by atoms with E-state index >= 15 is 0 Å². The van der Waals surface area contributed by atoms with Crippen LogP contribution in [0.1, 0.15) is 15.9 Å². The van der Waals surface area contributed by atoms with Gasteiger partial charge in [-0.05, 0) is 71.6 Å². The van der Waals surface area contributed by atoms with Gasteiger partial charge in [0.05, 0.1) is 4.92 Å². The summed E-state index contributed by atoms with van der Waals surface area (Å²) < 4.78 is 6.15. The lowest BCUT2D eigenvalue weighted by atomic mass is 10.1. The minimum Gasteiger partial charge on any atom is -0.484 e. The third kappa shape index (κ3) is 6.42. The SMILES string of the molecule is Cc1ccc(C(=O)NC(=S)NNC(=O)COc2ccc([N+](=O)[O-])cc2)cc1I. The highest BCUT2D eigenvalue weighted by Gasteiger charge is 2.10. The Morgan fingerprint density at radius 3 is 2.46 bits per heavy atom. The fraction of sp³-hybridized carbons (Fsp3) is 0.118. The number of hydrogen-bond donors (Lipinski definition) is 3. The van der Waals surface area contributed by atoms with E-state index in [0.717, 1.165) is 9.13 Å². The molecule has 0 fully saturated rings. The van der Waals surface area contributed by atoms with E-state index in [9.17, 15) is 19.7 Å². The standard InChI is InChI=1S/C17H15IN4O5S/c1-10-2-3-11(8-14(10)18)16(24)19-17(28)21-20-15(23)9-27-13-6-4-12(5-7-13)22(25)26/h2-8H,9H2,1H3,(H,20,23)(H2,19,21,24,28). The van der Waals surface area contributed by atoms with Gasteiger partial charge in [-0.15, -0.1) is 0 Å². The van der Waals surface area contributed by atoms with Crippen molar-refractivity contribution >= 4 is 57.4 Å². The molecule has 0 aromatic heterocycles. The molecule has 0 aliphatic rings. The van der Waals surface area contributed by atoms with Gasteiger partial charge in [0.15, 0.2) is 11.7 Å². The number of carbonyl (C=O) groups is 2. The van der Waals surface area contributed by atoms with Crippen LogP contribution in [-0.2, 0) is 4.79 Å². The van der Waals surface area contributed by atoms with E-state index in [1.54, 1.807) is 12.1 Å². The molecule has 0 radical (unpaired) electrons. The summed E-state index contributed by atoms with van der Waals surface area (Å²) >= 11 is 7.09. The van der Waals surface area contributed by atoms with Crippen molar-refractivity contribution < 1.29 is 19.2 Å². The molecule has 0 bridgehead atoms. The summed E-state index contributed by atoms with van der Waals surface area (Å²) in [7, 11) is 0. The molecule has 0 unspecified atom stereocenters. The summed E-state index contributed by atoms with van der Waals surface area (Å²) in [6, 6.07) is 10.5. The monoisotopic (exact) mass is 514 g/mol. The fourth-order valence-electron chi connectivity index (χ4n) is 1.92. The van der Waals surface area contributed by atoms with Crippen molar-refractivity contribution in [2.45, 2.75) is 6.92 Å². The molecule has 0 saturated heterocycles. The summed E-state index contributed by atoms with van der Waals surface area (Å²) in [6.45, 7) is 1.58. The zero-order valence-electron chi connectivity index (χ0n) is 14.5. The Morgan fingerprint density at radius 1 is 1.18 bits per heavy atom. The van der Waals surface area contributed by atoms with Crippen LogP contribution in [0.25, 0.3) is 0 Å². The molecule has 0 saturated carbocycles. The number of nitrogens with zero attached hydrogens (tertiary/aromatic N) is 1. The lowest BCUT2D eigenvalue weighted by Crippen LogP contribution is -2.49. The highest BCUT2D eigenvalue weighted by atomic mass is 127. The molecule has 2 rings (SSSR count). The zero-order chi connectivity index (χ0) is 20.7. The number of benzene rings is 2. The van der Waals surface area contributed by atoms with E-state index in [2.05, 4.69) is 38.8 Å². The molecule has 2 aromatic carbocycles. The first-order valence-corrected chi connectivity index (χ1v) is 9.28. The Morgan fingerprint density at radius 2 is 1.86 bits per heavy atom. The molecule has 11 heteroatoms. The van der Waals surface area contributed by atoms with E-state index in [0.29, 0.717) is 11.3 Å². The van der Waals surface area contributed by atoms with Gasteiger partial charge in [0.25, 0.3) is 17.5 Å². The molecule has 9 nitrogen and oxygen atoms in total. The van der Waals surface area contributed by atoms with E-state index in [4.69, 9.17) is 17.0 Å². The fourth-order valence-corrected chi connectivity index (χ4v) is 2.58. The maximum absolute atomic E-state index is 12.1. The molecular formula is C17H15IN4O5S. The van der Waals surface area contributed by atoms with Gasteiger partial charge in [-0.1, -0.05) is 6.07 Å². The molecule has 0 aliphatic carbocycles. The molecule has 0 atom stereocenters. The topological polar surface area (TPSA) is 123 Å². The third-order valence-electron chi connectivity index (χ3n) is 3.39. The number of halogens is 1. The number of rotatable bonds is 5. The number of non-ortho nitro benzene ring substituents is 1. The van der Waals surface area contributed by atoms with Crippen LogP contribution in [0, 0.1) is 20.6 Å². The van der Waals surface area contributed by atoms with Gasteiger partial charge in [-0.2, -0.15) is 0 Å². The first-order valence-electron chi connectivity index (χ1n) is 7.80. The van der Waals surface area contributed by atoms with Crippen molar-refractivity contribution in [3.63, 3.8) is 0 Å². The number of hydrazine groups is 1. The summed E-state index contributed by atoms with van der Waals surface area (Å²) in [6.07, 6.45) is 0. The summed E-state index contributed by atoms with van der Waals surface area (Å²) in [5, 5.41) is 12.9. The largest absolute Gasteiger partial charge is 0.484 e. The molecule has 2 amide bonds. The Labute approximate surface area is 179 Å². The number of nitrogens with one attached hydrogen (secondary N) is 3. The predicted molar refractivity (Wildman–Crippen MR) is 114 cm³/mol. The Kier molecular flexibility index (Phi) is 7.63. The van der Waals surface area contributed by atoms with Crippen molar-refractivity contribution in [2.75, 3.05) is 6.61 Å². The molecule has 3 N–H and O–H groups in total. The number of nitro benzene ring substituents is 1. The Hall–Kier alpha value is -2.80.